The summed E-state index contributed by atoms with van der Waals surface area (Å²) < 4.78 is 5.29. The number of thiophene rings is 1. The highest BCUT2D eigenvalue weighted by Gasteiger charge is 2.12. The third-order valence-corrected chi connectivity index (χ3v) is 3.47. The zero-order chi connectivity index (χ0) is 11.8. The number of anilines is 1. The molecule has 0 saturated heterocycles. The summed E-state index contributed by atoms with van der Waals surface area (Å²) in [7, 11) is 1.87. The van der Waals surface area contributed by atoms with Crippen molar-refractivity contribution in [2.45, 2.75) is 6.92 Å². The van der Waals surface area contributed by atoms with Crippen LogP contribution in [-0.4, -0.2) is 17.0 Å². The van der Waals surface area contributed by atoms with E-state index in [1.54, 1.807) is 17.6 Å². The van der Waals surface area contributed by atoms with Gasteiger partial charge in [0.25, 0.3) is 0 Å². The molecule has 0 atom stereocenters. The summed E-state index contributed by atoms with van der Waals surface area (Å²) in [5.41, 5.74) is 0.941. The van der Waals surface area contributed by atoms with E-state index in [1.165, 1.54) is 0 Å². The molecule has 4 nitrogen and oxygen atoms in total. The predicted octanol–water partition coefficient (Wildman–Crippen LogP) is 3.30. The molecule has 86 valence electrons. The van der Waals surface area contributed by atoms with Crippen molar-refractivity contribution in [3.05, 3.63) is 29.5 Å². The summed E-state index contributed by atoms with van der Waals surface area (Å²) in [6.07, 6.45) is 1.66. The minimum Gasteiger partial charge on any atom is -0.469 e. The number of hydrogen-bond donors (Lipinski definition) is 1. The van der Waals surface area contributed by atoms with Crippen LogP contribution in [0.1, 0.15) is 5.76 Å². The van der Waals surface area contributed by atoms with Crippen molar-refractivity contribution in [2.24, 2.45) is 0 Å². The first-order valence-corrected chi connectivity index (χ1v) is 6.15. The Morgan fingerprint density at radius 3 is 2.88 bits per heavy atom. The van der Waals surface area contributed by atoms with Crippen molar-refractivity contribution >= 4 is 27.4 Å². The fourth-order valence-corrected chi connectivity index (χ4v) is 2.55. The standard InChI is InChI=1S/C12H11N3OS/c1-7-8(3-5-16-7)11-14-10(13-2)9-4-6-17-12(9)15-11/h3-6H,1-2H3,(H,13,14,15). The van der Waals surface area contributed by atoms with E-state index in [1.807, 2.05) is 31.5 Å². The molecule has 0 unspecified atom stereocenters. The first-order chi connectivity index (χ1) is 8.29. The third-order valence-electron chi connectivity index (χ3n) is 2.66. The van der Waals surface area contributed by atoms with Gasteiger partial charge in [-0.25, -0.2) is 9.97 Å². The van der Waals surface area contributed by atoms with Crippen LogP contribution >= 0.6 is 11.3 Å². The van der Waals surface area contributed by atoms with Crippen molar-refractivity contribution in [1.29, 1.82) is 0 Å². The number of rotatable bonds is 2. The number of aromatic nitrogens is 2. The summed E-state index contributed by atoms with van der Waals surface area (Å²) in [5.74, 6) is 2.39. The van der Waals surface area contributed by atoms with Gasteiger partial charge in [-0.05, 0) is 24.4 Å². The van der Waals surface area contributed by atoms with E-state index in [2.05, 4.69) is 15.3 Å². The average Bonchev–Trinajstić information content (AvgIpc) is 2.95. The molecule has 3 aromatic rings. The van der Waals surface area contributed by atoms with Gasteiger partial charge in [0, 0.05) is 7.05 Å². The van der Waals surface area contributed by atoms with Gasteiger partial charge < -0.3 is 9.73 Å². The lowest BCUT2D eigenvalue weighted by Gasteiger charge is -2.04. The molecule has 0 saturated carbocycles. The minimum absolute atomic E-state index is 0.704. The van der Waals surface area contributed by atoms with Crippen LogP contribution in [-0.2, 0) is 0 Å². The molecule has 0 amide bonds. The molecule has 0 radical (unpaired) electrons. The number of nitrogens with zero attached hydrogens (tertiary/aromatic N) is 2. The van der Waals surface area contributed by atoms with E-state index in [0.29, 0.717) is 5.82 Å². The fourth-order valence-electron chi connectivity index (χ4n) is 1.78. The number of fused-ring (bicyclic) bond motifs is 1. The van der Waals surface area contributed by atoms with Gasteiger partial charge >= 0.3 is 0 Å². The quantitative estimate of drug-likeness (QED) is 0.752. The topological polar surface area (TPSA) is 51.0 Å². The average molecular weight is 245 g/mol. The van der Waals surface area contributed by atoms with E-state index in [0.717, 1.165) is 27.4 Å². The second-order valence-electron chi connectivity index (χ2n) is 3.68. The lowest BCUT2D eigenvalue weighted by atomic mass is 10.2. The maximum absolute atomic E-state index is 5.29. The molecule has 0 bridgehead atoms. The Labute approximate surface area is 102 Å². The minimum atomic E-state index is 0.704. The Hall–Kier alpha value is -1.88. The van der Waals surface area contributed by atoms with Crippen LogP contribution in [0.15, 0.2) is 28.2 Å². The lowest BCUT2D eigenvalue weighted by molar-refractivity contribution is 0.535. The Morgan fingerprint density at radius 1 is 1.29 bits per heavy atom. The van der Waals surface area contributed by atoms with Gasteiger partial charge in [-0.3, -0.25) is 0 Å². The van der Waals surface area contributed by atoms with E-state index in [9.17, 15) is 0 Å². The Kier molecular flexibility index (Phi) is 2.33. The molecular formula is C12H11N3OS. The van der Waals surface area contributed by atoms with Crippen LogP contribution < -0.4 is 5.32 Å². The molecule has 3 heterocycles. The van der Waals surface area contributed by atoms with E-state index < -0.39 is 0 Å². The molecule has 5 heteroatoms. The first kappa shape index (κ1) is 10.3. The molecule has 0 aliphatic rings. The maximum atomic E-state index is 5.29. The van der Waals surface area contributed by atoms with Crippen LogP contribution in [0.3, 0.4) is 0 Å². The second-order valence-corrected chi connectivity index (χ2v) is 4.57. The van der Waals surface area contributed by atoms with Crippen molar-refractivity contribution in [3.63, 3.8) is 0 Å². The highest BCUT2D eigenvalue weighted by atomic mass is 32.1. The Morgan fingerprint density at radius 2 is 2.18 bits per heavy atom. The molecule has 3 rings (SSSR count). The largest absolute Gasteiger partial charge is 0.469 e. The number of hydrogen-bond acceptors (Lipinski definition) is 5. The van der Waals surface area contributed by atoms with Crippen LogP contribution in [0.2, 0.25) is 0 Å². The molecule has 0 aliphatic heterocycles. The summed E-state index contributed by atoms with van der Waals surface area (Å²) >= 11 is 1.61. The number of nitrogens with one attached hydrogen (secondary N) is 1. The van der Waals surface area contributed by atoms with E-state index in [-0.39, 0.29) is 0 Å². The zero-order valence-corrected chi connectivity index (χ0v) is 10.3. The van der Waals surface area contributed by atoms with Crippen LogP contribution in [0.5, 0.6) is 0 Å². The smallest absolute Gasteiger partial charge is 0.166 e. The van der Waals surface area contributed by atoms with Gasteiger partial charge in [-0.2, -0.15) is 0 Å². The molecule has 3 aromatic heterocycles. The fraction of sp³-hybridized carbons (Fsp3) is 0.167. The van der Waals surface area contributed by atoms with Crippen LogP contribution in [0.4, 0.5) is 5.82 Å². The monoisotopic (exact) mass is 245 g/mol. The normalized spacial score (nSPS) is 10.9. The van der Waals surface area contributed by atoms with Gasteiger partial charge in [0.2, 0.25) is 0 Å². The molecule has 0 fully saturated rings. The summed E-state index contributed by atoms with van der Waals surface area (Å²) in [6.45, 7) is 1.91. The third kappa shape index (κ3) is 1.59. The highest BCUT2D eigenvalue weighted by Crippen LogP contribution is 2.29. The molecule has 0 aromatic carbocycles. The van der Waals surface area contributed by atoms with Gasteiger partial charge in [-0.15, -0.1) is 11.3 Å². The van der Waals surface area contributed by atoms with E-state index in [4.69, 9.17) is 4.42 Å². The predicted molar refractivity (Wildman–Crippen MR) is 69.4 cm³/mol. The van der Waals surface area contributed by atoms with Crippen LogP contribution in [0, 0.1) is 6.92 Å². The first-order valence-electron chi connectivity index (χ1n) is 5.27. The summed E-state index contributed by atoms with van der Waals surface area (Å²) in [6, 6.07) is 3.92. The highest BCUT2D eigenvalue weighted by molar-refractivity contribution is 7.16. The molecule has 0 aliphatic carbocycles. The molecule has 1 N–H and O–H groups in total. The molecule has 17 heavy (non-hydrogen) atoms. The zero-order valence-electron chi connectivity index (χ0n) is 9.52. The van der Waals surface area contributed by atoms with Gasteiger partial charge in [0.1, 0.15) is 16.4 Å². The van der Waals surface area contributed by atoms with Crippen molar-refractivity contribution in [1.82, 2.24) is 9.97 Å². The summed E-state index contributed by atoms with van der Waals surface area (Å²) in [4.78, 5) is 10.1. The Balaban J connectivity index is 2.27. The van der Waals surface area contributed by atoms with Crippen molar-refractivity contribution < 1.29 is 4.42 Å². The number of furan rings is 1. The molecule has 0 spiro atoms. The van der Waals surface area contributed by atoms with Gasteiger partial charge in [0.15, 0.2) is 5.82 Å². The second kappa shape index (κ2) is 3.85. The van der Waals surface area contributed by atoms with E-state index >= 15 is 0 Å². The summed E-state index contributed by atoms with van der Waals surface area (Å²) in [5, 5.41) is 6.18. The molecular weight excluding hydrogens is 234 g/mol. The van der Waals surface area contributed by atoms with Crippen molar-refractivity contribution in [2.75, 3.05) is 12.4 Å². The van der Waals surface area contributed by atoms with Gasteiger partial charge in [-0.1, -0.05) is 0 Å². The lowest BCUT2D eigenvalue weighted by Crippen LogP contribution is -1.97. The van der Waals surface area contributed by atoms with Crippen molar-refractivity contribution in [3.8, 4) is 11.4 Å². The van der Waals surface area contributed by atoms with Crippen LogP contribution in [0.25, 0.3) is 21.6 Å². The number of aryl methyl sites for hydroxylation is 1. The maximum Gasteiger partial charge on any atom is 0.166 e. The Bertz CT molecular complexity index is 671. The SMILES string of the molecule is CNc1nc(-c2ccoc2C)nc2sccc12. The van der Waals surface area contributed by atoms with Gasteiger partial charge in [0.05, 0.1) is 17.2 Å².